The molecule has 2 aliphatic carbocycles. The number of rotatable bonds is 2. The molecule has 1 spiro atoms. The SMILES string of the molecule is C=C1C[C@H]2[C@@H](OC)O[C@@H]3CO[C@@H](c4ccccc4)O[C@H]3[C@@]23C1CC(=O)[C@@H]3C. The van der Waals surface area contributed by atoms with Crippen LogP contribution in [0.5, 0.6) is 0 Å². The molecule has 0 radical (unpaired) electrons. The van der Waals surface area contributed by atoms with Gasteiger partial charge in [0.25, 0.3) is 0 Å². The monoisotopic (exact) mass is 370 g/mol. The first-order chi connectivity index (χ1) is 13.1. The van der Waals surface area contributed by atoms with Crippen LogP contribution in [0, 0.1) is 23.2 Å². The minimum Gasteiger partial charge on any atom is -0.356 e. The van der Waals surface area contributed by atoms with Crippen molar-refractivity contribution >= 4 is 5.78 Å². The van der Waals surface area contributed by atoms with E-state index in [1.807, 2.05) is 30.3 Å². The second-order valence-electron chi connectivity index (χ2n) is 8.32. The number of fused-ring (bicyclic) bond motifs is 1. The van der Waals surface area contributed by atoms with Crippen molar-refractivity contribution < 1.29 is 23.7 Å². The van der Waals surface area contributed by atoms with E-state index in [4.69, 9.17) is 18.9 Å². The summed E-state index contributed by atoms with van der Waals surface area (Å²) >= 11 is 0. The normalized spacial score (nSPS) is 46.1. The Labute approximate surface area is 159 Å². The zero-order valence-corrected chi connectivity index (χ0v) is 15.8. The molecule has 8 atom stereocenters. The molecule has 2 heterocycles. The average Bonchev–Trinajstić information content (AvgIpc) is 3.14. The van der Waals surface area contributed by atoms with Crippen molar-refractivity contribution in [3.63, 3.8) is 0 Å². The Bertz CT molecular complexity index is 761. The molecule has 2 saturated heterocycles. The van der Waals surface area contributed by atoms with E-state index in [1.165, 1.54) is 0 Å². The maximum absolute atomic E-state index is 12.8. The van der Waals surface area contributed by atoms with E-state index < -0.39 is 6.29 Å². The first-order valence-electron chi connectivity index (χ1n) is 9.78. The third kappa shape index (κ3) is 2.29. The second kappa shape index (κ2) is 6.24. The van der Waals surface area contributed by atoms with Crippen molar-refractivity contribution in [1.82, 2.24) is 0 Å². The summed E-state index contributed by atoms with van der Waals surface area (Å²) in [6.45, 7) is 6.80. The third-order valence-electron chi connectivity index (χ3n) is 7.31. The van der Waals surface area contributed by atoms with E-state index in [9.17, 15) is 4.79 Å². The minimum atomic E-state index is -0.442. The lowest BCUT2D eigenvalue weighted by molar-refractivity contribution is -0.366. The standard InChI is InChI=1S/C22H26O5/c1-12-9-16-21(24-3)26-18-11-25-20(14-7-5-4-6-8-14)27-19(18)22(16)13(2)17(23)10-15(12)22/h4-8,13,15-16,18-21H,1,9-11H2,2-3H3/t13-,15?,16-,18+,19+,20+,21-,22-/m0/s1. The van der Waals surface area contributed by atoms with Gasteiger partial charge in [-0.25, -0.2) is 0 Å². The highest BCUT2D eigenvalue weighted by Crippen LogP contribution is 2.67. The van der Waals surface area contributed by atoms with Gasteiger partial charge in [-0.2, -0.15) is 0 Å². The topological polar surface area (TPSA) is 54.0 Å². The Kier molecular flexibility index (Phi) is 4.06. The van der Waals surface area contributed by atoms with E-state index in [0.29, 0.717) is 18.8 Å². The Morgan fingerprint density at radius 1 is 1.19 bits per heavy atom. The first-order valence-corrected chi connectivity index (χ1v) is 9.78. The Hall–Kier alpha value is -1.53. The molecule has 0 amide bonds. The summed E-state index contributed by atoms with van der Waals surface area (Å²) in [6.07, 6.45) is 0.122. The number of methoxy groups -OCH3 is 1. The highest BCUT2D eigenvalue weighted by Gasteiger charge is 2.71. The number of ether oxygens (including phenoxy) is 4. The lowest BCUT2D eigenvalue weighted by atomic mass is 9.61. The third-order valence-corrected chi connectivity index (χ3v) is 7.31. The molecule has 2 aliphatic heterocycles. The molecule has 1 unspecified atom stereocenters. The molecule has 2 saturated carbocycles. The first kappa shape index (κ1) is 17.6. The van der Waals surface area contributed by atoms with Gasteiger partial charge in [0.1, 0.15) is 11.9 Å². The molecule has 0 bridgehead atoms. The van der Waals surface area contributed by atoms with E-state index in [0.717, 1.165) is 17.6 Å². The number of carbonyl (C=O) groups is 1. The van der Waals surface area contributed by atoms with Crippen molar-refractivity contribution in [3.8, 4) is 0 Å². The van der Waals surface area contributed by atoms with Gasteiger partial charge in [-0.1, -0.05) is 49.4 Å². The van der Waals surface area contributed by atoms with Gasteiger partial charge in [-0.15, -0.1) is 0 Å². The Morgan fingerprint density at radius 2 is 1.96 bits per heavy atom. The zero-order chi connectivity index (χ0) is 18.8. The van der Waals surface area contributed by atoms with Crippen molar-refractivity contribution in [1.29, 1.82) is 0 Å². The number of benzene rings is 1. The number of carbonyl (C=O) groups excluding carboxylic acids is 1. The largest absolute Gasteiger partial charge is 0.356 e. The number of hydrogen-bond acceptors (Lipinski definition) is 5. The zero-order valence-electron chi connectivity index (χ0n) is 15.8. The van der Waals surface area contributed by atoms with Gasteiger partial charge in [0.15, 0.2) is 12.6 Å². The maximum Gasteiger partial charge on any atom is 0.184 e. The smallest absolute Gasteiger partial charge is 0.184 e. The lowest BCUT2D eigenvalue weighted by Crippen LogP contribution is -2.64. The average molecular weight is 370 g/mol. The van der Waals surface area contributed by atoms with Gasteiger partial charge in [0, 0.05) is 36.3 Å². The molecule has 5 heteroatoms. The molecule has 4 fully saturated rings. The molecule has 5 nitrogen and oxygen atoms in total. The van der Waals surface area contributed by atoms with Gasteiger partial charge in [0.05, 0.1) is 12.7 Å². The van der Waals surface area contributed by atoms with Gasteiger partial charge < -0.3 is 18.9 Å². The van der Waals surface area contributed by atoms with Crippen LogP contribution in [0.2, 0.25) is 0 Å². The van der Waals surface area contributed by atoms with E-state index >= 15 is 0 Å². The lowest BCUT2D eigenvalue weighted by Gasteiger charge is -2.56. The fraction of sp³-hybridized carbons (Fsp3) is 0.591. The second-order valence-corrected chi connectivity index (χ2v) is 8.32. The summed E-state index contributed by atoms with van der Waals surface area (Å²) in [5.74, 6) is 0.411. The van der Waals surface area contributed by atoms with E-state index in [-0.39, 0.29) is 41.7 Å². The van der Waals surface area contributed by atoms with Crippen molar-refractivity contribution in [3.05, 3.63) is 48.0 Å². The molecule has 5 rings (SSSR count). The molecule has 0 aromatic heterocycles. The van der Waals surface area contributed by atoms with Crippen LogP contribution in [-0.4, -0.2) is 38.0 Å². The van der Waals surface area contributed by atoms with Crippen LogP contribution in [0.3, 0.4) is 0 Å². The van der Waals surface area contributed by atoms with E-state index in [1.54, 1.807) is 7.11 Å². The molecule has 27 heavy (non-hydrogen) atoms. The van der Waals surface area contributed by atoms with Crippen LogP contribution in [0.4, 0.5) is 0 Å². The summed E-state index contributed by atoms with van der Waals surface area (Å²) in [5.41, 5.74) is 1.80. The van der Waals surface area contributed by atoms with Crippen LogP contribution in [0.15, 0.2) is 42.5 Å². The van der Waals surface area contributed by atoms with Gasteiger partial charge in [0.2, 0.25) is 0 Å². The summed E-state index contributed by atoms with van der Waals surface area (Å²) in [5, 5.41) is 0. The number of allylic oxidation sites excluding steroid dienone is 1. The number of hydrogen-bond donors (Lipinski definition) is 0. The fourth-order valence-corrected chi connectivity index (χ4v) is 6.15. The van der Waals surface area contributed by atoms with Crippen LogP contribution in [0.1, 0.15) is 31.6 Å². The van der Waals surface area contributed by atoms with Gasteiger partial charge in [-0.05, 0) is 12.3 Å². The van der Waals surface area contributed by atoms with Crippen molar-refractivity contribution in [2.75, 3.05) is 13.7 Å². The Balaban J connectivity index is 1.58. The summed E-state index contributed by atoms with van der Waals surface area (Å²) in [6, 6.07) is 9.96. The summed E-state index contributed by atoms with van der Waals surface area (Å²) in [4.78, 5) is 12.8. The molecule has 1 aromatic carbocycles. The number of Topliss-reactive ketones (excluding diaryl/α,β-unsaturated/α-hetero) is 1. The number of ketones is 1. The molecule has 1 aromatic rings. The molecule has 0 N–H and O–H groups in total. The van der Waals surface area contributed by atoms with Crippen LogP contribution >= 0.6 is 0 Å². The van der Waals surface area contributed by atoms with Crippen LogP contribution in [0.25, 0.3) is 0 Å². The minimum absolute atomic E-state index is 0.0808. The maximum atomic E-state index is 12.8. The highest BCUT2D eigenvalue weighted by molar-refractivity contribution is 5.86. The van der Waals surface area contributed by atoms with E-state index in [2.05, 4.69) is 13.5 Å². The summed E-state index contributed by atoms with van der Waals surface area (Å²) in [7, 11) is 1.67. The van der Waals surface area contributed by atoms with Crippen LogP contribution in [-0.2, 0) is 23.7 Å². The van der Waals surface area contributed by atoms with Crippen molar-refractivity contribution in [2.24, 2.45) is 23.2 Å². The fourth-order valence-electron chi connectivity index (χ4n) is 6.15. The summed E-state index contributed by atoms with van der Waals surface area (Å²) < 4.78 is 24.5. The predicted octanol–water partition coefficient (Wildman–Crippen LogP) is 3.26. The molecular weight excluding hydrogens is 344 g/mol. The Morgan fingerprint density at radius 3 is 2.70 bits per heavy atom. The molecule has 4 aliphatic rings. The van der Waals surface area contributed by atoms with Crippen LogP contribution < -0.4 is 0 Å². The molecule has 144 valence electrons. The quantitative estimate of drug-likeness (QED) is 0.748. The predicted molar refractivity (Wildman–Crippen MR) is 97.6 cm³/mol. The van der Waals surface area contributed by atoms with Gasteiger partial charge >= 0.3 is 0 Å². The van der Waals surface area contributed by atoms with Gasteiger partial charge in [-0.3, -0.25) is 4.79 Å². The molecular formula is C22H26O5. The highest BCUT2D eigenvalue weighted by atomic mass is 16.7. The van der Waals surface area contributed by atoms with Crippen molar-refractivity contribution in [2.45, 2.75) is 44.6 Å².